The molecule has 0 amide bonds. The van der Waals surface area contributed by atoms with E-state index in [2.05, 4.69) is 111 Å². The molecule has 1 heterocycles. The Morgan fingerprint density at radius 2 is 1.30 bits per heavy atom. The van der Waals surface area contributed by atoms with Crippen LogP contribution >= 0.6 is 0 Å². The Labute approximate surface area is 268 Å². The molecule has 0 fully saturated rings. The molecule has 43 heavy (non-hydrogen) atoms. The van der Waals surface area contributed by atoms with Gasteiger partial charge < -0.3 is 13.6 Å². The summed E-state index contributed by atoms with van der Waals surface area (Å²) in [6.45, 7) is 26.0. The van der Waals surface area contributed by atoms with Crippen molar-refractivity contribution in [3.8, 4) is 0 Å². The van der Waals surface area contributed by atoms with Crippen LogP contribution in [0.4, 0.5) is 0 Å². The summed E-state index contributed by atoms with van der Waals surface area (Å²) in [5.41, 5.74) is 1.01. The van der Waals surface area contributed by atoms with Gasteiger partial charge in [0.15, 0.2) is 16.6 Å². The molecule has 2 rings (SSSR count). The van der Waals surface area contributed by atoms with Crippen molar-refractivity contribution in [1.82, 2.24) is 0 Å². The van der Waals surface area contributed by atoms with Gasteiger partial charge in [-0.25, -0.2) is 4.99 Å². The van der Waals surface area contributed by atoms with Crippen LogP contribution in [0.15, 0.2) is 47.5 Å². The normalized spacial score (nSPS) is 20.3. The average Bonchev–Trinajstić information content (AvgIpc) is 2.92. The molecule has 0 radical (unpaired) electrons. The lowest BCUT2D eigenvalue weighted by Gasteiger charge is -2.45. The van der Waals surface area contributed by atoms with E-state index >= 15 is 0 Å². The van der Waals surface area contributed by atoms with E-state index in [0.717, 1.165) is 12.0 Å². The summed E-state index contributed by atoms with van der Waals surface area (Å²) >= 11 is 0. The topological polar surface area (TPSA) is 40.0 Å². The van der Waals surface area contributed by atoms with Gasteiger partial charge in [-0.15, -0.1) is 0 Å². The Morgan fingerprint density at radius 3 is 1.84 bits per heavy atom. The van der Waals surface area contributed by atoms with Gasteiger partial charge in [-0.2, -0.15) is 0 Å². The standard InChI is InChI=1S/C37H67NO3Si2/c1-12-13-14-15-16-17-18-19-20-21-22-26-29-33-34(41-43(10,11)37(5,6)7)32(30-39-42(8,9)36(2,3)4)38-35(40-33)31-27-24-23-25-28-31/h23-29,32-34H,12-22,30H2,1-11H3/t32-,33-,34-/m0/s1. The van der Waals surface area contributed by atoms with Gasteiger partial charge in [-0.05, 0) is 67.3 Å². The zero-order valence-electron chi connectivity index (χ0n) is 29.9. The van der Waals surface area contributed by atoms with Gasteiger partial charge in [0.25, 0.3) is 0 Å². The molecule has 1 aromatic carbocycles. The summed E-state index contributed by atoms with van der Waals surface area (Å²) in [7, 11) is -4.07. The van der Waals surface area contributed by atoms with E-state index in [1.54, 1.807) is 0 Å². The highest BCUT2D eigenvalue weighted by molar-refractivity contribution is 6.74. The van der Waals surface area contributed by atoms with E-state index in [-0.39, 0.29) is 28.3 Å². The summed E-state index contributed by atoms with van der Waals surface area (Å²) in [5, 5.41) is 0.222. The lowest BCUT2D eigenvalue weighted by Crippen LogP contribution is -2.55. The minimum absolute atomic E-state index is 0.0888. The predicted molar refractivity (Wildman–Crippen MR) is 192 cm³/mol. The molecule has 0 N–H and O–H groups in total. The highest BCUT2D eigenvalue weighted by atomic mass is 28.4. The van der Waals surface area contributed by atoms with Crippen LogP contribution in [0.2, 0.25) is 36.3 Å². The van der Waals surface area contributed by atoms with Crippen LogP contribution in [-0.4, -0.2) is 47.4 Å². The molecule has 1 aromatic rings. The number of allylic oxidation sites excluding steroid dienone is 1. The van der Waals surface area contributed by atoms with Gasteiger partial charge in [-0.1, -0.05) is 131 Å². The molecule has 0 spiro atoms. The Morgan fingerprint density at radius 1 is 0.767 bits per heavy atom. The molecule has 0 aliphatic carbocycles. The third-order valence-corrected chi connectivity index (χ3v) is 18.9. The Bertz CT molecular complexity index is 976. The van der Waals surface area contributed by atoms with E-state index < -0.39 is 16.6 Å². The summed E-state index contributed by atoms with van der Waals surface area (Å²) in [6, 6.07) is 10.2. The molecular formula is C37H67NO3Si2. The van der Waals surface area contributed by atoms with Crippen molar-refractivity contribution in [3.63, 3.8) is 0 Å². The summed E-state index contributed by atoms with van der Waals surface area (Å²) in [6.07, 6.45) is 18.9. The van der Waals surface area contributed by atoms with Crippen LogP contribution in [0.25, 0.3) is 0 Å². The fourth-order valence-corrected chi connectivity index (χ4v) is 7.17. The Balaban J connectivity index is 2.19. The van der Waals surface area contributed by atoms with E-state index in [1.807, 2.05) is 6.07 Å². The first-order valence-corrected chi connectivity index (χ1v) is 23.2. The van der Waals surface area contributed by atoms with Crippen molar-refractivity contribution in [3.05, 3.63) is 48.0 Å². The van der Waals surface area contributed by atoms with Gasteiger partial charge in [0.05, 0.1) is 6.61 Å². The highest BCUT2D eigenvalue weighted by Crippen LogP contribution is 2.40. The second-order valence-corrected chi connectivity index (χ2v) is 25.3. The maximum atomic E-state index is 7.15. The molecule has 0 saturated carbocycles. The third-order valence-electron chi connectivity index (χ3n) is 9.96. The molecule has 1 aliphatic rings. The van der Waals surface area contributed by atoms with Crippen LogP contribution < -0.4 is 0 Å². The SMILES string of the molecule is CCCCCCCCCCCCC=C[C@@H]1OC(c2ccccc2)=N[C@@H](CO[Si](C)(C)C(C)(C)C)[C@@H]1O[Si](C)(C)C(C)(C)C. The van der Waals surface area contributed by atoms with E-state index in [1.165, 1.54) is 64.2 Å². The zero-order valence-corrected chi connectivity index (χ0v) is 31.9. The van der Waals surface area contributed by atoms with Gasteiger partial charge in [0.1, 0.15) is 18.2 Å². The highest BCUT2D eigenvalue weighted by Gasteiger charge is 2.46. The van der Waals surface area contributed by atoms with Crippen molar-refractivity contribution in [2.24, 2.45) is 4.99 Å². The number of benzene rings is 1. The number of hydrogen-bond donors (Lipinski definition) is 0. The van der Waals surface area contributed by atoms with Crippen LogP contribution in [0, 0.1) is 0 Å². The molecular weight excluding hydrogens is 563 g/mol. The average molecular weight is 630 g/mol. The lowest BCUT2D eigenvalue weighted by molar-refractivity contribution is 0.0190. The second-order valence-electron chi connectivity index (χ2n) is 15.8. The van der Waals surface area contributed by atoms with Crippen molar-refractivity contribution in [2.45, 2.75) is 174 Å². The minimum atomic E-state index is -2.10. The molecule has 0 unspecified atom stereocenters. The van der Waals surface area contributed by atoms with Crippen LogP contribution in [0.5, 0.6) is 0 Å². The molecule has 3 atom stereocenters. The molecule has 0 saturated heterocycles. The molecule has 0 aromatic heterocycles. The first kappa shape index (κ1) is 38.0. The number of nitrogens with zero attached hydrogens (tertiary/aromatic N) is 1. The Hall–Kier alpha value is -1.22. The van der Waals surface area contributed by atoms with E-state index in [4.69, 9.17) is 18.6 Å². The fourth-order valence-electron chi connectivity index (χ4n) is 4.83. The fraction of sp³-hybridized carbons (Fsp3) is 0.757. The number of aliphatic imine (C=N–C) groups is 1. The summed E-state index contributed by atoms with van der Waals surface area (Å²) < 4.78 is 20.6. The van der Waals surface area contributed by atoms with Crippen LogP contribution in [0.1, 0.15) is 125 Å². The quantitative estimate of drug-likeness (QED) is 0.0921. The van der Waals surface area contributed by atoms with Crippen molar-refractivity contribution in [2.75, 3.05) is 6.61 Å². The monoisotopic (exact) mass is 629 g/mol. The summed E-state index contributed by atoms with van der Waals surface area (Å²) in [4.78, 5) is 5.20. The second kappa shape index (κ2) is 17.5. The first-order valence-electron chi connectivity index (χ1n) is 17.4. The minimum Gasteiger partial charge on any atom is -0.467 e. The van der Waals surface area contributed by atoms with Crippen molar-refractivity contribution >= 4 is 22.5 Å². The number of rotatable bonds is 18. The molecule has 6 heteroatoms. The molecule has 246 valence electrons. The maximum Gasteiger partial charge on any atom is 0.217 e. The smallest absolute Gasteiger partial charge is 0.217 e. The van der Waals surface area contributed by atoms with Crippen LogP contribution in [-0.2, 0) is 13.6 Å². The number of hydrogen-bond acceptors (Lipinski definition) is 4. The van der Waals surface area contributed by atoms with Gasteiger partial charge >= 0.3 is 0 Å². The first-order chi connectivity index (χ1) is 20.1. The molecule has 1 aliphatic heterocycles. The Kier molecular flexibility index (Phi) is 15.4. The van der Waals surface area contributed by atoms with Crippen LogP contribution in [0.3, 0.4) is 0 Å². The summed E-state index contributed by atoms with van der Waals surface area (Å²) in [5.74, 6) is 0.702. The van der Waals surface area contributed by atoms with Crippen molar-refractivity contribution in [1.29, 1.82) is 0 Å². The maximum absolute atomic E-state index is 7.15. The number of ether oxygens (including phenoxy) is 1. The van der Waals surface area contributed by atoms with Gasteiger partial charge in [-0.3, -0.25) is 0 Å². The molecule has 0 bridgehead atoms. The predicted octanol–water partition coefficient (Wildman–Crippen LogP) is 11.5. The lowest BCUT2D eigenvalue weighted by atomic mass is 10.0. The zero-order chi connectivity index (χ0) is 32.2. The van der Waals surface area contributed by atoms with Gasteiger partial charge in [0.2, 0.25) is 5.90 Å². The molecule has 4 nitrogen and oxygen atoms in total. The van der Waals surface area contributed by atoms with Crippen molar-refractivity contribution < 1.29 is 13.6 Å². The van der Waals surface area contributed by atoms with Gasteiger partial charge in [0, 0.05) is 5.56 Å². The third kappa shape index (κ3) is 12.6. The van der Waals surface area contributed by atoms with E-state index in [9.17, 15) is 0 Å². The largest absolute Gasteiger partial charge is 0.467 e. The number of unbranched alkanes of at least 4 members (excludes halogenated alkanes) is 10. The van der Waals surface area contributed by atoms with E-state index in [0.29, 0.717) is 12.5 Å².